The Morgan fingerprint density at radius 2 is 1.89 bits per heavy atom. The van der Waals surface area contributed by atoms with Gasteiger partial charge >= 0.3 is 0 Å². The molecule has 0 amide bonds. The molecule has 2 heteroatoms. The molecule has 0 atom stereocenters. The molecule has 0 unspecified atom stereocenters. The van der Waals surface area contributed by atoms with Crippen molar-refractivity contribution in [3.8, 4) is 0 Å². The summed E-state index contributed by atoms with van der Waals surface area (Å²) < 4.78 is 0. The first-order valence-corrected chi connectivity index (χ1v) is 6.21. The largest absolute Gasteiger partial charge is 0.391 e. The highest BCUT2D eigenvalue weighted by molar-refractivity contribution is 5.79. The molecular weight excluding hydrogens is 234 g/mol. The van der Waals surface area contributed by atoms with Gasteiger partial charge in [0.25, 0.3) is 0 Å². The zero-order valence-electron chi connectivity index (χ0n) is 11.0. The number of hydrogen-bond donors (Lipinski definition) is 0. The summed E-state index contributed by atoms with van der Waals surface area (Å²) >= 11 is 0. The highest BCUT2D eigenvalue weighted by Crippen LogP contribution is 2.07. The standard InChI is InChI=1S/C17H17NO/c1-3-15-7-9-16(10-8-15)13-19-18-12-17-6-4-5-14(2)11-17/h3-12H,1,13H2,2H3. The van der Waals surface area contributed by atoms with Crippen LogP contribution in [0.15, 0.2) is 60.3 Å². The van der Waals surface area contributed by atoms with Crippen LogP contribution in [0.3, 0.4) is 0 Å². The molecule has 0 radical (unpaired) electrons. The van der Waals surface area contributed by atoms with Crippen molar-refractivity contribution in [1.29, 1.82) is 0 Å². The number of aryl methyl sites for hydroxylation is 1. The highest BCUT2D eigenvalue weighted by atomic mass is 16.6. The zero-order chi connectivity index (χ0) is 13.5. The van der Waals surface area contributed by atoms with Crippen molar-refractivity contribution in [2.75, 3.05) is 0 Å². The fourth-order valence-corrected chi connectivity index (χ4v) is 1.71. The topological polar surface area (TPSA) is 21.6 Å². The third-order valence-corrected chi connectivity index (χ3v) is 2.77. The van der Waals surface area contributed by atoms with Gasteiger partial charge in [-0.15, -0.1) is 0 Å². The molecule has 0 aliphatic rings. The van der Waals surface area contributed by atoms with Crippen molar-refractivity contribution in [2.45, 2.75) is 13.5 Å². The van der Waals surface area contributed by atoms with Gasteiger partial charge in [-0.2, -0.15) is 0 Å². The first-order chi connectivity index (χ1) is 9.28. The molecule has 0 fully saturated rings. The van der Waals surface area contributed by atoms with Crippen LogP contribution in [0, 0.1) is 6.92 Å². The fourth-order valence-electron chi connectivity index (χ4n) is 1.71. The van der Waals surface area contributed by atoms with Crippen LogP contribution in [0.5, 0.6) is 0 Å². The first kappa shape index (κ1) is 13.1. The van der Waals surface area contributed by atoms with Gasteiger partial charge in [-0.3, -0.25) is 0 Å². The Hall–Kier alpha value is -2.35. The van der Waals surface area contributed by atoms with Gasteiger partial charge in [0.2, 0.25) is 0 Å². The van der Waals surface area contributed by atoms with Crippen LogP contribution in [-0.2, 0) is 11.4 Å². The van der Waals surface area contributed by atoms with Crippen molar-refractivity contribution in [1.82, 2.24) is 0 Å². The molecule has 2 aromatic rings. The Morgan fingerprint density at radius 1 is 1.11 bits per heavy atom. The lowest BCUT2D eigenvalue weighted by Crippen LogP contribution is -1.88. The SMILES string of the molecule is C=Cc1ccc(CON=Cc2cccc(C)c2)cc1. The van der Waals surface area contributed by atoms with Gasteiger partial charge in [0.15, 0.2) is 0 Å². The minimum absolute atomic E-state index is 0.472. The summed E-state index contributed by atoms with van der Waals surface area (Å²) in [4.78, 5) is 5.28. The molecule has 0 aromatic heterocycles. The number of benzene rings is 2. The summed E-state index contributed by atoms with van der Waals surface area (Å²) in [6.45, 7) is 6.25. The van der Waals surface area contributed by atoms with Gasteiger partial charge in [0, 0.05) is 0 Å². The van der Waals surface area contributed by atoms with Crippen LogP contribution < -0.4 is 0 Å². The molecule has 0 saturated carbocycles. The molecule has 2 nitrogen and oxygen atoms in total. The third-order valence-electron chi connectivity index (χ3n) is 2.77. The summed E-state index contributed by atoms with van der Waals surface area (Å²) in [7, 11) is 0. The molecule has 96 valence electrons. The lowest BCUT2D eigenvalue weighted by molar-refractivity contribution is 0.132. The maximum absolute atomic E-state index is 5.28. The minimum atomic E-state index is 0.472. The zero-order valence-corrected chi connectivity index (χ0v) is 11.0. The van der Waals surface area contributed by atoms with Crippen molar-refractivity contribution in [2.24, 2.45) is 5.16 Å². The summed E-state index contributed by atoms with van der Waals surface area (Å²) in [5.41, 5.74) is 4.45. The Kier molecular flexibility index (Phi) is 4.51. The van der Waals surface area contributed by atoms with Crippen LogP contribution in [0.2, 0.25) is 0 Å². The molecule has 0 bridgehead atoms. The molecule has 2 rings (SSSR count). The number of nitrogens with zero attached hydrogens (tertiary/aromatic N) is 1. The predicted molar refractivity (Wildman–Crippen MR) is 80.1 cm³/mol. The highest BCUT2D eigenvalue weighted by Gasteiger charge is 1.93. The van der Waals surface area contributed by atoms with Gasteiger partial charge < -0.3 is 4.84 Å². The van der Waals surface area contributed by atoms with Gasteiger partial charge in [0.1, 0.15) is 6.61 Å². The van der Waals surface area contributed by atoms with Crippen molar-refractivity contribution < 1.29 is 4.84 Å². The smallest absolute Gasteiger partial charge is 0.142 e. The lowest BCUT2D eigenvalue weighted by Gasteiger charge is -2.00. The molecule has 0 saturated heterocycles. The van der Waals surface area contributed by atoms with Gasteiger partial charge in [0.05, 0.1) is 6.21 Å². The van der Waals surface area contributed by atoms with E-state index in [1.807, 2.05) is 42.5 Å². The molecule has 0 spiro atoms. The summed E-state index contributed by atoms with van der Waals surface area (Å²) in [5.74, 6) is 0. The molecular formula is C17H17NO. The molecule has 0 N–H and O–H groups in total. The second-order valence-electron chi connectivity index (χ2n) is 4.37. The quantitative estimate of drug-likeness (QED) is 0.577. The Labute approximate surface area is 114 Å². The maximum atomic E-state index is 5.28. The van der Waals surface area contributed by atoms with Gasteiger partial charge in [-0.1, -0.05) is 71.9 Å². The van der Waals surface area contributed by atoms with Gasteiger partial charge in [-0.05, 0) is 23.6 Å². The van der Waals surface area contributed by atoms with E-state index in [4.69, 9.17) is 4.84 Å². The van der Waals surface area contributed by atoms with Crippen molar-refractivity contribution in [3.63, 3.8) is 0 Å². The summed E-state index contributed by atoms with van der Waals surface area (Å²) in [5, 5.41) is 3.98. The van der Waals surface area contributed by atoms with E-state index >= 15 is 0 Å². The van der Waals surface area contributed by atoms with Crippen molar-refractivity contribution in [3.05, 3.63) is 77.4 Å². The van der Waals surface area contributed by atoms with E-state index in [2.05, 4.69) is 30.8 Å². The molecule has 0 aliphatic carbocycles. The number of rotatable bonds is 5. The van der Waals surface area contributed by atoms with E-state index in [1.54, 1.807) is 6.21 Å². The number of hydrogen-bond acceptors (Lipinski definition) is 2. The third kappa shape index (κ3) is 4.11. The van der Waals surface area contributed by atoms with Crippen LogP contribution in [0.25, 0.3) is 6.08 Å². The van der Waals surface area contributed by atoms with Crippen LogP contribution in [0.1, 0.15) is 22.3 Å². The second-order valence-corrected chi connectivity index (χ2v) is 4.37. The maximum Gasteiger partial charge on any atom is 0.142 e. The Morgan fingerprint density at radius 3 is 2.58 bits per heavy atom. The molecule has 19 heavy (non-hydrogen) atoms. The van der Waals surface area contributed by atoms with Crippen molar-refractivity contribution >= 4 is 12.3 Å². The fraction of sp³-hybridized carbons (Fsp3) is 0.118. The molecule has 0 heterocycles. The van der Waals surface area contributed by atoms with E-state index in [9.17, 15) is 0 Å². The van der Waals surface area contributed by atoms with Crippen LogP contribution >= 0.6 is 0 Å². The predicted octanol–water partition coefficient (Wildman–Crippen LogP) is 4.19. The summed E-state index contributed by atoms with van der Waals surface area (Å²) in [6, 6.07) is 16.2. The van der Waals surface area contributed by atoms with E-state index in [0.717, 1.165) is 16.7 Å². The van der Waals surface area contributed by atoms with E-state index in [0.29, 0.717) is 6.61 Å². The minimum Gasteiger partial charge on any atom is -0.391 e. The van der Waals surface area contributed by atoms with E-state index < -0.39 is 0 Å². The van der Waals surface area contributed by atoms with Crippen LogP contribution in [0.4, 0.5) is 0 Å². The van der Waals surface area contributed by atoms with Gasteiger partial charge in [-0.25, -0.2) is 0 Å². The first-order valence-electron chi connectivity index (χ1n) is 6.21. The average Bonchev–Trinajstić information content (AvgIpc) is 2.44. The van der Waals surface area contributed by atoms with E-state index in [1.165, 1.54) is 5.56 Å². The monoisotopic (exact) mass is 251 g/mol. The van der Waals surface area contributed by atoms with E-state index in [-0.39, 0.29) is 0 Å². The Bertz CT molecular complexity index is 570. The Balaban J connectivity index is 1.87. The van der Waals surface area contributed by atoms with Crippen LogP contribution in [-0.4, -0.2) is 6.21 Å². The lowest BCUT2D eigenvalue weighted by atomic mass is 10.1. The number of oxime groups is 1. The second kappa shape index (κ2) is 6.55. The molecule has 0 aliphatic heterocycles. The average molecular weight is 251 g/mol. The normalized spacial score (nSPS) is 10.6. The molecule has 2 aromatic carbocycles. The summed E-state index contributed by atoms with van der Waals surface area (Å²) in [6.07, 6.45) is 3.55.